The van der Waals surface area contributed by atoms with Gasteiger partial charge in [0.1, 0.15) is 11.6 Å². The summed E-state index contributed by atoms with van der Waals surface area (Å²) in [6.45, 7) is 9.48. The zero-order chi connectivity index (χ0) is 18.0. The number of nitrogens with zero attached hydrogens (tertiary/aromatic N) is 5. The van der Waals surface area contributed by atoms with Gasteiger partial charge in [-0.3, -0.25) is 4.99 Å². The van der Waals surface area contributed by atoms with Crippen LogP contribution in [0.15, 0.2) is 4.99 Å². The van der Waals surface area contributed by atoms with Gasteiger partial charge in [-0.05, 0) is 50.9 Å². The number of fused-ring (bicyclic) bond motifs is 1. The number of nitrogens with one attached hydrogen (secondary N) is 1. The molecule has 0 amide bonds. The summed E-state index contributed by atoms with van der Waals surface area (Å²) in [5.74, 6) is 3.92. The lowest BCUT2D eigenvalue weighted by Gasteiger charge is -2.33. The third-order valence-electron chi connectivity index (χ3n) is 6.72. The Morgan fingerprint density at radius 3 is 2.81 bits per heavy atom. The molecule has 1 N–H and O–H groups in total. The smallest absolute Gasteiger partial charge is 0.193 e. The molecule has 1 saturated heterocycles. The minimum atomic E-state index is 0. The quantitative estimate of drug-likeness (QED) is 0.405. The highest BCUT2D eigenvalue weighted by Gasteiger charge is 2.39. The molecule has 6 nitrogen and oxygen atoms in total. The van der Waals surface area contributed by atoms with Crippen LogP contribution in [0.4, 0.5) is 0 Å². The van der Waals surface area contributed by atoms with Crippen molar-refractivity contribution in [3.8, 4) is 0 Å². The summed E-state index contributed by atoms with van der Waals surface area (Å²) in [4.78, 5) is 7.60. The molecule has 0 bridgehead atoms. The Hall–Kier alpha value is -0.860. The van der Waals surface area contributed by atoms with Gasteiger partial charge >= 0.3 is 0 Å². The second-order valence-corrected chi connectivity index (χ2v) is 8.61. The molecule has 7 heteroatoms. The van der Waals surface area contributed by atoms with E-state index in [9.17, 15) is 0 Å². The summed E-state index contributed by atoms with van der Waals surface area (Å²) < 4.78 is 2.28. The second-order valence-electron chi connectivity index (χ2n) is 8.61. The van der Waals surface area contributed by atoms with Crippen molar-refractivity contribution in [1.82, 2.24) is 25.0 Å². The molecule has 1 atom stereocenters. The van der Waals surface area contributed by atoms with E-state index in [1.807, 2.05) is 0 Å². The van der Waals surface area contributed by atoms with Crippen molar-refractivity contribution in [1.29, 1.82) is 0 Å². The standard InChI is InChI=1S/C20H34N6.HI/c1-3-21-19(25-12-11-20(15-25)9-5-4-6-10-20)22-13-17-7-8-18-24-23-16(2)26(18)14-17;/h17H,3-15H2,1-2H3,(H,21,22);1H. The summed E-state index contributed by atoms with van der Waals surface area (Å²) in [5, 5.41) is 12.1. The highest BCUT2D eigenvalue weighted by atomic mass is 127. The number of hydrogen-bond donors (Lipinski definition) is 1. The Kier molecular flexibility index (Phi) is 7.03. The van der Waals surface area contributed by atoms with Crippen LogP contribution in [-0.4, -0.2) is 51.8 Å². The van der Waals surface area contributed by atoms with Crippen molar-refractivity contribution in [2.45, 2.75) is 71.8 Å². The van der Waals surface area contributed by atoms with Crippen LogP contribution in [0.5, 0.6) is 0 Å². The Bertz CT molecular complexity index is 649. The van der Waals surface area contributed by atoms with Crippen LogP contribution in [0.1, 0.15) is 63.5 Å². The molecular formula is C20H35IN6. The Morgan fingerprint density at radius 1 is 1.22 bits per heavy atom. The van der Waals surface area contributed by atoms with E-state index in [1.54, 1.807) is 0 Å². The van der Waals surface area contributed by atoms with Crippen molar-refractivity contribution < 1.29 is 0 Å². The fourth-order valence-electron chi connectivity index (χ4n) is 5.15. The first-order valence-electron chi connectivity index (χ1n) is 10.6. The minimum absolute atomic E-state index is 0. The first-order chi connectivity index (χ1) is 12.7. The summed E-state index contributed by atoms with van der Waals surface area (Å²) >= 11 is 0. The van der Waals surface area contributed by atoms with Gasteiger partial charge in [0.05, 0.1) is 0 Å². The number of rotatable bonds is 3. The molecule has 1 aromatic rings. The van der Waals surface area contributed by atoms with E-state index in [4.69, 9.17) is 4.99 Å². The van der Waals surface area contributed by atoms with Crippen LogP contribution in [0.25, 0.3) is 0 Å². The summed E-state index contributed by atoms with van der Waals surface area (Å²) in [6, 6.07) is 0. The van der Waals surface area contributed by atoms with E-state index < -0.39 is 0 Å². The molecular weight excluding hydrogens is 451 g/mol. The lowest BCUT2D eigenvalue weighted by molar-refractivity contribution is 0.203. The molecule has 1 unspecified atom stereocenters. The summed E-state index contributed by atoms with van der Waals surface area (Å²) in [7, 11) is 0. The number of halogens is 1. The minimum Gasteiger partial charge on any atom is -0.357 e. The van der Waals surface area contributed by atoms with Crippen LogP contribution >= 0.6 is 24.0 Å². The summed E-state index contributed by atoms with van der Waals surface area (Å²) in [5.41, 5.74) is 0.577. The monoisotopic (exact) mass is 486 g/mol. The van der Waals surface area contributed by atoms with Gasteiger partial charge in [0, 0.05) is 39.1 Å². The SMILES string of the molecule is CCNC(=NCC1CCc2nnc(C)n2C1)N1CCC2(CCCCC2)C1.I. The number of guanidine groups is 1. The Balaban J connectivity index is 0.00000210. The van der Waals surface area contributed by atoms with Gasteiger partial charge in [-0.2, -0.15) is 0 Å². The summed E-state index contributed by atoms with van der Waals surface area (Å²) in [6.07, 6.45) is 10.7. The number of hydrogen-bond acceptors (Lipinski definition) is 3. The average molecular weight is 486 g/mol. The maximum absolute atomic E-state index is 5.06. The first kappa shape index (κ1) is 20.9. The van der Waals surface area contributed by atoms with Crippen molar-refractivity contribution in [2.75, 3.05) is 26.2 Å². The number of likely N-dealkylation sites (tertiary alicyclic amines) is 1. The van der Waals surface area contributed by atoms with Crippen molar-refractivity contribution in [3.63, 3.8) is 0 Å². The fourth-order valence-corrected chi connectivity index (χ4v) is 5.15. The molecule has 0 aromatic carbocycles. The van der Waals surface area contributed by atoms with Crippen LogP contribution in [0, 0.1) is 18.3 Å². The molecule has 27 heavy (non-hydrogen) atoms. The zero-order valence-electron chi connectivity index (χ0n) is 16.9. The highest BCUT2D eigenvalue weighted by Crippen LogP contribution is 2.43. The third-order valence-corrected chi connectivity index (χ3v) is 6.72. The van der Waals surface area contributed by atoms with Gasteiger partial charge in [0.15, 0.2) is 5.96 Å². The van der Waals surface area contributed by atoms with Crippen LogP contribution < -0.4 is 5.32 Å². The van der Waals surface area contributed by atoms with E-state index >= 15 is 0 Å². The maximum Gasteiger partial charge on any atom is 0.193 e. The van der Waals surface area contributed by atoms with E-state index in [0.717, 1.165) is 43.7 Å². The van der Waals surface area contributed by atoms with Gasteiger partial charge in [0.2, 0.25) is 0 Å². The largest absolute Gasteiger partial charge is 0.357 e. The molecule has 1 spiro atoms. The van der Waals surface area contributed by atoms with Crippen LogP contribution in [-0.2, 0) is 13.0 Å². The number of aliphatic imine (C=N–C) groups is 1. The van der Waals surface area contributed by atoms with Crippen molar-refractivity contribution in [3.05, 3.63) is 11.6 Å². The lowest BCUT2D eigenvalue weighted by atomic mass is 9.73. The van der Waals surface area contributed by atoms with E-state index in [1.165, 1.54) is 58.0 Å². The predicted molar refractivity (Wildman–Crippen MR) is 120 cm³/mol. The zero-order valence-corrected chi connectivity index (χ0v) is 19.2. The fraction of sp³-hybridized carbons (Fsp3) is 0.850. The van der Waals surface area contributed by atoms with Gasteiger partial charge in [-0.1, -0.05) is 19.3 Å². The number of aromatic nitrogens is 3. The first-order valence-corrected chi connectivity index (χ1v) is 10.6. The van der Waals surface area contributed by atoms with E-state index in [-0.39, 0.29) is 24.0 Å². The molecule has 1 aliphatic carbocycles. The van der Waals surface area contributed by atoms with Crippen molar-refractivity contribution >= 4 is 29.9 Å². The molecule has 4 rings (SSSR count). The normalized spacial score (nSPS) is 24.6. The third kappa shape index (κ3) is 4.59. The molecule has 3 heterocycles. The molecule has 1 aromatic heterocycles. The Morgan fingerprint density at radius 2 is 2.04 bits per heavy atom. The van der Waals surface area contributed by atoms with Crippen LogP contribution in [0.2, 0.25) is 0 Å². The molecule has 152 valence electrons. The molecule has 2 fully saturated rings. The van der Waals surface area contributed by atoms with Gasteiger partial charge < -0.3 is 14.8 Å². The van der Waals surface area contributed by atoms with Gasteiger partial charge in [-0.25, -0.2) is 0 Å². The van der Waals surface area contributed by atoms with Crippen molar-refractivity contribution in [2.24, 2.45) is 16.3 Å². The highest BCUT2D eigenvalue weighted by molar-refractivity contribution is 14.0. The van der Waals surface area contributed by atoms with E-state index in [2.05, 4.69) is 38.8 Å². The Labute approximate surface area is 180 Å². The maximum atomic E-state index is 5.06. The van der Waals surface area contributed by atoms with Crippen LogP contribution in [0.3, 0.4) is 0 Å². The average Bonchev–Trinajstić information content (AvgIpc) is 3.23. The molecule has 0 radical (unpaired) electrons. The lowest BCUT2D eigenvalue weighted by Crippen LogP contribution is -2.42. The second kappa shape index (κ2) is 9.09. The molecule has 1 saturated carbocycles. The predicted octanol–water partition coefficient (Wildman–Crippen LogP) is 3.39. The van der Waals surface area contributed by atoms with Gasteiger partial charge in [-0.15, -0.1) is 34.2 Å². The topological polar surface area (TPSA) is 58.3 Å². The molecule has 3 aliphatic rings. The van der Waals surface area contributed by atoms with E-state index in [0.29, 0.717) is 11.3 Å². The van der Waals surface area contributed by atoms with Gasteiger partial charge in [0.25, 0.3) is 0 Å². The molecule has 2 aliphatic heterocycles. The number of aryl methyl sites for hydroxylation is 2.